The van der Waals surface area contributed by atoms with Gasteiger partial charge in [0, 0.05) is 12.8 Å². The van der Waals surface area contributed by atoms with E-state index in [-0.39, 0.29) is 12.8 Å². The Morgan fingerprint density at radius 1 is 1.13 bits per heavy atom. The molecule has 0 aliphatic heterocycles. The van der Waals surface area contributed by atoms with Gasteiger partial charge in [0.2, 0.25) is 5.92 Å². The molecule has 0 aromatic carbocycles. The minimum Gasteiger partial charge on any atom is -0.207 e. The molecular formula is C13H24F2. The fourth-order valence-corrected chi connectivity index (χ4v) is 2.65. The van der Waals surface area contributed by atoms with E-state index < -0.39 is 5.92 Å². The van der Waals surface area contributed by atoms with Crippen molar-refractivity contribution in [1.29, 1.82) is 0 Å². The Kier molecular flexibility index (Phi) is 5.01. The van der Waals surface area contributed by atoms with E-state index in [9.17, 15) is 8.78 Å². The molecule has 0 aromatic rings. The summed E-state index contributed by atoms with van der Waals surface area (Å²) in [7, 11) is 0. The first-order valence-electron chi connectivity index (χ1n) is 6.47. The summed E-state index contributed by atoms with van der Waals surface area (Å²) >= 11 is 0. The van der Waals surface area contributed by atoms with Crippen LogP contribution in [0.3, 0.4) is 0 Å². The minimum absolute atomic E-state index is 0.152. The molecule has 1 fully saturated rings. The quantitative estimate of drug-likeness (QED) is 0.526. The molecule has 2 heteroatoms. The molecule has 1 atom stereocenters. The molecule has 90 valence electrons. The summed E-state index contributed by atoms with van der Waals surface area (Å²) in [4.78, 5) is 0. The lowest BCUT2D eigenvalue weighted by molar-refractivity contribution is -0.127. The predicted molar refractivity (Wildman–Crippen MR) is 60.2 cm³/mol. The molecule has 0 saturated heterocycles. The van der Waals surface area contributed by atoms with Crippen molar-refractivity contribution in [3.63, 3.8) is 0 Å². The summed E-state index contributed by atoms with van der Waals surface area (Å²) in [5, 5.41) is 0. The van der Waals surface area contributed by atoms with E-state index in [4.69, 9.17) is 0 Å². The number of rotatable bonds is 7. The zero-order chi connectivity index (χ0) is 11.3. The lowest BCUT2D eigenvalue weighted by atomic mass is 9.70. The molecule has 0 spiro atoms. The molecule has 0 bridgehead atoms. The average Bonchev–Trinajstić information content (AvgIpc) is 2.15. The normalized spacial score (nSPS) is 22.4. The van der Waals surface area contributed by atoms with E-state index in [1.54, 1.807) is 0 Å². The summed E-state index contributed by atoms with van der Waals surface area (Å²) in [6.07, 6.45) is 7.59. The van der Waals surface area contributed by atoms with Crippen molar-refractivity contribution >= 4 is 0 Å². The van der Waals surface area contributed by atoms with Crippen LogP contribution in [0.4, 0.5) is 8.78 Å². The van der Waals surface area contributed by atoms with Gasteiger partial charge in [-0.2, -0.15) is 0 Å². The Labute approximate surface area is 92.4 Å². The van der Waals surface area contributed by atoms with E-state index in [2.05, 4.69) is 13.8 Å². The van der Waals surface area contributed by atoms with Crippen molar-refractivity contribution in [2.75, 3.05) is 0 Å². The maximum absolute atomic E-state index is 12.7. The molecular weight excluding hydrogens is 194 g/mol. The van der Waals surface area contributed by atoms with Gasteiger partial charge in [0.05, 0.1) is 0 Å². The van der Waals surface area contributed by atoms with Crippen LogP contribution in [-0.4, -0.2) is 5.92 Å². The van der Waals surface area contributed by atoms with E-state index >= 15 is 0 Å². The average molecular weight is 218 g/mol. The molecule has 1 aliphatic rings. The lowest BCUT2D eigenvalue weighted by Crippen LogP contribution is -2.39. The molecule has 1 rings (SSSR count). The second-order valence-corrected chi connectivity index (χ2v) is 5.04. The van der Waals surface area contributed by atoms with Gasteiger partial charge in [0.1, 0.15) is 0 Å². The fourth-order valence-electron chi connectivity index (χ4n) is 2.65. The van der Waals surface area contributed by atoms with Crippen molar-refractivity contribution in [3.05, 3.63) is 0 Å². The Morgan fingerprint density at radius 3 is 2.27 bits per heavy atom. The van der Waals surface area contributed by atoms with E-state index in [1.165, 1.54) is 25.7 Å². The van der Waals surface area contributed by atoms with Crippen LogP contribution in [-0.2, 0) is 0 Å². The van der Waals surface area contributed by atoms with Crippen LogP contribution in [0.2, 0.25) is 0 Å². The molecule has 1 unspecified atom stereocenters. The first kappa shape index (κ1) is 12.9. The molecule has 0 aromatic heterocycles. The molecule has 15 heavy (non-hydrogen) atoms. The Morgan fingerprint density at radius 2 is 1.80 bits per heavy atom. The van der Waals surface area contributed by atoms with Crippen molar-refractivity contribution in [2.45, 2.75) is 71.1 Å². The monoisotopic (exact) mass is 218 g/mol. The van der Waals surface area contributed by atoms with Gasteiger partial charge in [0.15, 0.2) is 0 Å². The second-order valence-electron chi connectivity index (χ2n) is 5.04. The largest absolute Gasteiger partial charge is 0.248 e. The highest BCUT2D eigenvalue weighted by molar-refractivity contribution is 4.89. The van der Waals surface area contributed by atoms with Gasteiger partial charge in [-0.15, -0.1) is 0 Å². The number of halogens is 2. The molecule has 0 nitrogen and oxygen atoms in total. The minimum atomic E-state index is -2.33. The third-order valence-corrected chi connectivity index (χ3v) is 3.74. The lowest BCUT2D eigenvalue weighted by Gasteiger charge is -2.40. The van der Waals surface area contributed by atoms with E-state index in [0.29, 0.717) is 11.8 Å². The van der Waals surface area contributed by atoms with E-state index in [0.717, 1.165) is 12.8 Å². The summed E-state index contributed by atoms with van der Waals surface area (Å²) < 4.78 is 25.5. The highest BCUT2D eigenvalue weighted by Crippen LogP contribution is 2.48. The van der Waals surface area contributed by atoms with Gasteiger partial charge in [-0.3, -0.25) is 0 Å². The Bertz CT molecular complexity index is 169. The topological polar surface area (TPSA) is 0 Å². The summed E-state index contributed by atoms with van der Waals surface area (Å²) in [6, 6.07) is 0. The number of hydrogen-bond acceptors (Lipinski definition) is 0. The maximum atomic E-state index is 12.7. The third kappa shape index (κ3) is 4.08. The van der Waals surface area contributed by atoms with Gasteiger partial charge in [0.25, 0.3) is 0 Å². The zero-order valence-corrected chi connectivity index (χ0v) is 10.1. The van der Waals surface area contributed by atoms with Gasteiger partial charge in [-0.1, -0.05) is 52.4 Å². The molecule has 1 saturated carbocycles. The number of hydrogen-bond donors (Lipinski definition) is 0. The van der Waals surface area contributed by atoms with Crippen LogP contribution < -0.4 is 0 Å². The van der Waals surface area contributed by atoms with Gasteiger partial charge < -0.3 is 0 Å². The molecule has 0 heterocycles. The molecule has 1 aliphatic carbocycles. The molecule has 0 amide bonds. The van der Waals surface area contributed by atoms with Crippen molar-refractivity contribution in [3.8, 4) is 0 Å². The summed E-state index contributed by atoms with van der Waals surface area (Å²) in [5.74, 6) is -1.46. The Balaban J connectivity index is 2.14. The maximum Gasteiger partial charge on any atom is 0.248 e. The number of alkyl halides is 2. The second kappa shape index (κ2) is 5.81. The standard InChI is InChI=1S/C13H24F2/c1-3-5-6-7-8-11(4-2)12-9-13(14,15)10-12/h11-12H,3-10H2,1-2H3. The molecule has 0 radical (unpaired) electrons. The van der Waals surface area contributed by atoms with Crippen LogP contribution in [0, 0.1) is 11.8 Å². The van der Waals surface area contributed by atoms with Crippen LogP contribution >= 0.6 is 0 Å². The molecule has 0 N–H and O–H groups in total. The number of unbranched alkanes of at least 4 members (excludes halogenated alkanes) is 3. The van der Waals surface area contributed by atoms with Crippen LogP contribution in [0.15, 0.2) is 0 Å². The first-order valence-corrected chi connectivity index (χ1v) is 6.47. The van der Waals surface area contributed by atoms with Gasteiger partial charge >= 0.3 is 0 Å². The van der Waals surface area contributed by atoms with E-state index in [1.807, 2.05) is 0 Å². The third-order valence-electron chi connectivity index (χ3n) is 3.74. The van der Waals surface area contributed by atoms with Crippen LogP contribution in [0.5, 0.6) is 0 Å². The first-order chi connectivity index (χ1) is 7.09. The van der Waals surface area contributed by atoms with Crippen LogP contribution in [0.1, 0.15) is 65.2 Å². The Hall–Kier alpha value is -0.140. The van der Waals surface area contributed by atoms with Crippen molar-refractivity contribution < 1.29 is 8.78 Å². The smallest absolute Gasteiger partial charge is 0.207 e. The van der Waals surface area contributed by atoms with Gasteiger partial charge in [-0.25, -0.2) is 8.78 Å². The van der Waals surface area contributed by atoms with Crippen molar-refractivity contribution in [2.24, 2.45) is 11.8 Å². The fraction of sp³-hybridized carbons (Fsp3) is 1.00. The zero-order valence-electron chi connectivity index (χ0n) is 10.1. The highest BCUT2D eigenvalue weighted by Gasteiger charge is 2.47. The van der Waals surface area contributed by atoms with Gasteiger partial charge in [-0.05, 0) is 11.8 Å². The SMILES string of the molecule is CCCCCCC(CC)C1CC(F)(F)C1. The predicted octanol–water partition coefficient (Wildman–Crippen LogP) is 5.03. The van der Waals surface area contributed by atoms with Crippen molar-refractivity contribution in [1.82, 2.24) is 0 Å². The highest BCUT2D eigenvalue weighted by atomic mass is 19.3. The summed E-state index contributed by atoms with van der Waals surface area (Å²) in [5.41, 5.74) is 0. The van der Waals surface area contributed by atoms with Crippen LogP contribution in [0.25, 0.3) is 0 Å². The summed E-state index contributed by atoms with van der Waals surface area (Å²) in [6.45, 7) is 4.34.